The number of nitrogens with zero attached hydrogens (tertiary/aromatic N) is 2. The predicted octanol–water partition coefficient (Wildman–Crippen LogP) is 5.34. The van der Waals surface area contributed by atoms with Crippen molar-refractivity contribution in [2.45, 2.75) is 0 Å². The smallest absolute Gasteiger partial charge is 0.266 e. The van der Waals surface area contributed by atoms with Crippen molar-refractivity contribution in [3.8, 4) is 17.2 Å². The van der Waals surface area contributed by atoms with Gasteiger partial charge in [0.05, 0.1) is 30.8 Å². The maximum absolute atomic E-state index is 13.3. The SMILES string of the molecule is COc1ccc(/C=C/c2nc3ccccc3c(=O)n2-c2ccc(Br)cc2)cc1OC. The second kappa shape index (κ2) is 8.55. The van der Waals surface area contributed by atoms with Gasteiger partial charge in [-0.3, -0.25) is 9.36 Å². The number of fused-ring (bicyclic) bond motifs is 1. The topological polar surface area (TPSA) is 53.3 Å². The molecule has 4 rings (SSSR count). The molecular weight excluding hydrogens is 444 g/mol. The van der Waals surface area contributed by atoms with Crippen LogP contribution in [0.4, 0.5) is 0 Å². The first-order chi connectivity index (χ1) is 14.6. The average molecular weight is 463 g/mol. The summed E-state index contributed by atoms with van der Waals surface area (Å²) in [5.41, 5.74) is 2.18. The fourth-order valence-electron chi connectivity index (χ4n) is 3.23. The molecule has 1 aromatic heterocycles. The number of methoxy groups -OCH3 is 2. The third-order valence-corrected chi connectivity index (χ3v) is 5.25. The van der Waals surface area contributed by atoms with E-state index >= 15 is 0 Å². The molecule has 0 saturated heterocycles. The van der Waals surface area contributed by atoms with E-state index in [9.17, 15) is 4.79 Å². The number of ether oxygens (including phenoxy) is 2. The van der Waals surface area contributed by atoms with Gasteiger partial charge in [0.2, 0.25) is 0 Å². The van der Waals surface area contributed by atoms with Gasteiger partial charge in [0.25, 0.3) is 5.56 Å². The van der Waals surface area contributed by atoms with E-state index in [2.05, 4.69) is 15.9 Å². The number of hydrogen-bond acceptors (Lipinski definition) is 4. The number of rotatable bonds is 5. The van der Waals surface area contributed by atoms with Crippen molar-refractivity contribution < 1.29 is 9.47 Å². The maximum atomic E-state index is 13.3. The highest BCUT2D eigenvalue weighted by atomic mass is 79.9. The molecule has 1 heterocycles. The van der Waals surface area contributed by atoms with Crippen LogP contribution in [0.1, 0.15) is 11.4 Å². The molecule has 0 aliphatic heterocycles. The Hall–Kier alpha value is -3.38. The van der Waals surface area contributed by atoms with Crippen LogP contribution in [0.25, 0.3) is 28.7 Å². The van der Waals surface area contributed by atoms with E-state index in [1.807, 2.05) is 72.8 Å². The van der Waals surface area contributed by atoms with Gasteiger partial charge in [-0.15, -0.1) is 0 Å². The molecule has 30 heavy (non-hydrogen) atoms. The molecular formula is C24H19BrN2O3. The molecule has 0 N–H and O–H groups in total. The van der Waals surface area contributed by atoms with E-state index in [0.29, 0.717) is 28.2 Å². The summed E-state index contributed by atoms with van der Waals surface area (Å²) in [6, 6.07) is 20.6. The number of aromatic nitrogens is 2. The normalized spacial score (nSPS) is 11.2. The molecule has 4 aromatic rings. The van der Waals surface area contributed by atoms with Gasteiger partial charge < -0.3 is 9.47 Å². The molecule has 0 spiro atoms. The summed E-state index contributed by atoms with van der Waals surface area (Å²) in [4.78, 5) is 18.0. The molecule has 0 unspecified atom stereocenters. The van der Waals surface area contributed by atoms with Crippen LogP contribution in [0, 0.1) is 0 Å². The number of benzene rings is 3. The second-order valence-corrected chi connectivity index (χ2v) is 7.47. The first kappa shape index (κ1) is 19.9. The zero-order valence-electron chi connectivity index (χ0n) is 16.5. The molecule has 5 nitrogen and oxygen atoms in total. The quantitative estimate of drug-likeness (QED) is 0.401. The average Bonchev–Trinajstić information content (AvgIpc) is 2.78. The van der Waals surface area contributed by atoms with Gasteiger partial charge in [0.1, 0.15) is 5.82 Å². The highest BCUT2D eigenvalue weighted by molar-refractivity contribution is 9.10. The molecule has 0 aliphatic carbocycles. The zero-order valence-corrected chi connectivity index (χ0v) is 18.1. The van der Waals surface area contributed by atoms with Crippen LogP contribution in [-0.4, -0.2) is 23.8 Å². The van der Waals surface area contributed by atoms with Crippen LogP contribution < -0.4 is 15.0 Å². The molecule has 0 amide bonds. The molecule has 0 fully saturated rings. The van der Waals surface area contributed by atoms with E-state index in [1.165, 1.54) is 0 Å². The van der Waals surface area contributed by atoms with Crippen molar-refractivity contribution in [1.82, 2.24) is 9.55 Å². The maximum Gasteiger partial charge on any atom is 0.266 e. The van der Waals surface area contributed by atoms with Gasteiger partial charge in [-0.2, -0.15) is 0 Å². The van der Waals surface area contributed by atoms with E-state index in [0.717, 1.165) is 15.7 Å². The number of hydrogen-bond donors (Lipinski definition) is 0. The highest BCUT2D eigenvalue weighted by Crippen LogP contribution is 2.28. The molecule has 0 saturated carbocycles. The largest absolute Gasteiger partial charge is 0.493 e. The zero-order chi connectivity index (χ0) is 21.1. The fourth-order valence-corrected chi connectivity index (χ4v) is 3.49. The summed E-state index contributed by atoms with van der Waals surface area (Å²) in [6.45, 7) is 0. The van der Waals surface area contributed by atoms with Gasteiger partial charge in [0, 0.05) is 4.47 Å². The van der Waals surface area contributed by atoms with Gasteiger partial charge >= 0.3 is 0 Å². The molecule has 0 aliphatic rings. The third-order valence-electron chi connectivity index (χ3n) is 4.72. The summed E-state index contributed by atoms with van der Waals surface area (Å²) in [7, 11) is 3.20. The van der Waals surface area contributed by atoms with E-state index in [-0.39, 0.29) is 5.56 Å². The lowest BCUT2D eigenvalue weighted by Gasteiger charge is -2.12. The van der Waals surface area contributed by atoms with Crippen molar-refractivity contribution in [3.63, 3.8) is 0 Å². The molecule has 0 radical (unpaired) electrons. The molecule has 0 bridgehead atoms. The third kappa shape index (κ3) is 3.86. The van der Waals surface area contributed by atoms with Crippen molar-refractivity contribution in [1.29, 1.82) is 0 Å². The lowest BCUT2D eigenvalue weighted by Crippen LogP contribution is -2.22. The number of para-hydroxylation sites is 1. The van der Waals surface area contributed by atoms with Crippen LogP contribution in [0.5, 0.6) is 11.5 Å². The Morgan fingerprint density at radius 1 is 0.900 bits per heavy atom. The Balaban J connectivity index is 1.87. The lowest BCUT2D eigenvalue weighted by molar-refractivity contribution is 0.355. The van der Waals surface area contributed by atoms with Crippen molar-refractivity contribution in [2.75, 3.05) is 14.2 Å². The van der Waals surface area contributed by atoms with E-state index in [4.69, 9.17) is 14.5 Å². The molecule has 150 valence electrons. The van der Waals surface area contributed by atoms with E-state index in [1.54, 1.807) is 24.9 Å². The minimum absolute atomic E-state index is 0.116. The molecule has 0 atom stereocenters. The Bertz CT molecular complexity index is 1290. The van der Waals surface area contributed by atoms with Crippen LogP contribution in [0.15, 0.2) is 76.0 Å². The Labute approximate surface area is 182 Å². The second-order valence-electron chi connectivity index (χ2n) is 6.55. The Kier molecular flexibility index (Phi) is 5.68. The van der Waals surface area contributed by atoms with Crippen molar-refractivity contribution in [2.24, 2.45) is 0 Å². The summed E-state index contributed by atoms with van der Waals surface area (Å²) >= 11 is 3.44. The van der Waals surface area contributed by atoms with Crippen LogP contribution in [0.3, 0.4) is 0 Å². The van der Waals surface area contributed by atoms with Gasteiger partial charge in [-0.05, 0) is 60.2 Å². The van der Waals surface area contributed by atoms with Crippen LogP contribution in [0.2, 0.25) is 0 Å². The minimum atomic E-state index is -0.116. The van der Waals surface area contributed by atoms with Crippen molar-refractivity contribution >= 4 is 39.0 Å². The van der Waals surface area contributed by atoms with Crippen LogP contribution >= 0.6 is 15.9 Å². The Morgan fingerprint density at radius 2 is 1.63 bits per heavy atom. The molecule has 6 heteroatoms. The van der Waals surface area contributed by atoms with Gasteiger partial charge in [0.15, 0.2) is 11.5 Å². The van der Waals surface area contributed by atoms with Crippen molar-refractivity contribution in [3.05, 3.63) is 92.9 Å². The predicted molar refractivity (Wildman–Crippen MR) is 124 cm³/mol. The minimum Gasteiger partial charge on any atom is -0.493 e. The standard InChI is InChI=1S/C24H19BrN2O3/c1-29-21-13-7-16(15-22(21)30-2)8-14-23-26-20-6-4-3-5-19(20)24(28)27(23)18-11-9-17(25)10-12-18/h3-15H,1-2H3/b14-8+. The van der Waals surface area contributed by atoms with Gasteiger partial charge in [-0.25, -0.2) is 4.98 Å². The summed E-state index contributed by atoms with van der Waals surface area (Å²) < 4.78 is 13.2. The van der Waals surface area contributed by atoms with E-state index < -0.39 is 0 Å². The lowest BCUT2D eigenvalue weighted by atomic mass is 10.1. The molecule has 3 aromatic carbocycles. The monoisotopic (exact) mass is 462 g/mol. The highest BCUT2D eigenvalue weighted by Gasteiger charge is 2.11. The summed E-state index contributed by atoms with van der Waals surface area (Å²) in [5.74, 6) is 1.83. The summed E-state index contributed by atoms with van der Waals surface area (Å²) in [5, 5.41) is 0.573. The fraction of sp³-hybridized carbons (Fsp3) is 0.0833. The van der Waals surface area contributed by atoms with Gasteiger partial charge in [-0.1, -0.05) is 40.2 Å². The number of halogens is 1. The summed E-state index contributed by atoms with van der Waals surface area (Å²) in [6.07, 6.45) is 3.73. The first-order valence-corrected chi connectivity index (χ1v) is 10.1. The Morgan fingerprint density at radius 3 is 2.37 bits per heavy atom. The van der Waals surface area contributed by atoms with Crippen LogP contribution in [-0.2, 0) is 0 Å². The first-order valence-electron chi connectivity index (χ1n) is 9.28.